The minimum Gasteiger partial charge on any atom is -0.376 e. The Balaban J connectivity index is 2.00. The van der Waals surface area contributed by atoms with Crippen LogP contribution in [0.4, 0.5) is 0 Å². The van der Waals surface area contributed by atoms with Gasteiger partial charge in [0.2, 0.25) is 5.91 Å². The van der Waals surface area contributed by atoms with Crippen LogP contribution in [0.5, 0.6) is 0 Å². The zero-order valence-electron chi connectivity index (χ0n) is 9.25. The first kappa shape index (κ1) is 12.6. The molecule has 0 aromatic rings. The molecule has 1 amide bonds. The van der Waals surface area contributed by atoms with Crippen molar-refractivity contribution in [3.63, 3.8) is 0 Å². The van der Waals surface area contributed by atoms with Crippen LogP contribution in [0.25, 0.3) is 0 Å². The number of hydrogen-bond donors (Lipinski definition) is 1. The number of nitrogens with one attached hydrogen (secondary N) is 1. The van der Waals surface area contributed by atoms with Crippen molar-refractivity contribution in [1.82, 2.24) is 5.32 Å². The lowest BCUT2D eigenvalue weighted by molar-refractivity contribution is -0.119. The fourth-order valence-electron chi connectivity index (χ4n) is 1.40. The normalized spacial score (nSPS) is 20.2. The number of thioether (sulfide) groups is 1. The van der Waals surface area contributed by atoms with Gasteiger partial charge in [-0.2, -0.15) is 0 Å². The van der Waals surface area contributed by atoms with E-state index in [9.17, 15) is 4.79 Å². The van der Waals surface area contributed by atoms with E-state index in [1.54, 1.807) is 11.8 Å². The lowest BCUT2D eigenvalue weighted by Crippen LogP contribution is -2.32. The summed E-state index contributed by atoms with van der Waals surface area (Å²) in [4.78, 5) is 11.4. The Bertz CT molecular complexity index is 225. The summed E-state index contributed by atoms with van der Waals surface area (Å²) in [5.41, 5.74) is 1.10. The summed E-state index contributed by atoms with van der Waals surface area (Å²) < 4.78 is 5.41. The van der Waals surface area contributed by atoms with Crippen LogP contribution >= 0.6 is 11.8 Å². The van der Waals surface area contributed by atoms with Gasteiger partial charge in [0.1, 0.15) is 0 Å². The molecule has 0 spiro atoms. The molecule has 3 nitrogen and oxygen atoms in total. The van der Waals surface area contributed by atoms with Crippen LogP contribution in [0.1, 0.15) is 19.8 Å². The molecule has 1 N–H and O–H groups in total. The van der Waals surface area contributed by atoms with Crippen molar-refractivity contribution in [3.8, 4) is 0 Å². The molecule has 0 aromatic heterocycles. The molecule has 1 rings (SSSR count). The fourth-order valence-corrected chi connectivity index (χ4v) is 2.14. The predicted octanol–water partition coefficient (Wildman–Crippen LogP) is 1.59. The highest BCUT2D eigenvalue weighted by Crippen LogP contribution is 2.10. The van der Waals surface area contributed by atoms with E-state index in [4.69, 9.17) is 4.74 Å². The number of carbonyl (C=O) groups excluding carboxylic acids is 1. The monoisotopic (exact) mass is 229 g/mol. The number of rotatable bonds is 6. The van der Waals surface area contributed by atoms with Gasteiger partial charge in [0.25, 0.3) is 0 Å². The summed E-state index contributed by atoms with van der Waals surface area (Å²) in [6.45, 7) is 7.26. The molecule has 1 atom stereocenters. The maximum Gasteiger partial charge on any atom is 0.230 e. The molecule has 1 aliphatic heterocycles. The van der Waals surface area contributed by atoms with Crippen molar-refractivity contribution in [2.75, 3.05) is 24.7 Å². The maximum absolute atomic E-state index is 11.4. The number of hydrogen-bond acceptors (Lipinski definition) is 3. The fraction of sp³-hybridized carbons (Fsp3) is 0.727. The molecule has 0 unspecified atom stereocenters. The standard InChI is InChI=1S/C11H19NO2S/c1-9(2)7-15-8-11(13)12-6-10-4-3-5-14-10/h10H,1,3-8H2,2H3,(H,12,13)/t10-/m0/s1. The van der Waals surface area contributed by atoms with E-state index >= 15 is 0 Å². The Morgan fingerprint density at radius 1 is 1.60 bits per heavy atom. The summed E-state index contributed by atoms with van der Waals surface area (Å²) in [7, 11) is 0. The maximum atomic E-state index is 11.4. The van der Waals surface area contributed by atoms with Gasteiger partial charge < -0.3 is 10.1 Å². The SMILES string of the molecule is C=C(C)CSCC(=O)NC[C@@H]1CCCO1. The average molecular weight is 229 g/mol. The Kier molecular flexibility index (Phi) is 5.79. The summed E-state index contributed by atoms with van der Waals surface area (Å²) in [5, 5.41) is 2.88. The van der Waals surface area contributed by atoms with Gasteiger partial charge in [-0.15, -0.1) is 11.8 Å². The van der Waals surface area contributed by atoms with E-state index < -0.39 is 0 Å². The molecule has 0 bridgehead atoms. The highest BCUT2D eigenvalue weighted by Gasteiger charge is 2.15. The molecular formula is C11H19NO2S. The first-order valence-electron chi connectivity index (χ1n) is 5.29. The van der Waals surface area contributed by atoms with Crippen LogP contribution in [-0.2, 0) is 9.53 Å². The molecule has 0 aliphatic carbocycles. The predicted molar refractivity (Wildman–Crippen MR) is 64.1 cm³/mol. The molecule has 1 fully saturated rings. The van der Waals surface area contributed by atoms with Crippen molar-refractivity contribution < 1.29 is 9.53 Å². The third-order valence-corrected chi connectivity index (χ3v) is 3.30. The Hall–Kier alpha value is -0.480. The quantitative estimate of drug-likeness (QED) is 0.703. The second kappa shape index (κ2) is 6.90. The first-order valence-corrected chi connectivity index (χ1v) is 6.44. The van der Waals surface area contributed by atoms with Gasteiger partial charge in [-0.3, -0.25) is 4.79 Å². The number of amides is 1. The van der Waals surface area contributed by atoms with E-state index in [1.807, 2.05) is 6.92 Å². The second-order valence-electron chi connectivity index (χ2n) is 3.89. The largest absolute Gasteiger partial charge is 0.376 e. The Morgan fingerprint density at radius 3 is 3.00 bits per heavy atom. The van der Waals surface area contributed by atoms with Crippen molar-refractivity contribution in [2.45, 2.75) is 25.9 Å². The van der Waals surface area contributed by atoms with Gasteiger partial charge in [0, 0.05) is 18.9 Å². The summed E-state index contributed by atoms with van der Waals surface area (Å²) in [5.74, 6) is 1.46. The van der Waals surface area contributed by atoms with Gasteiger partial charge in [0.15, 0.2) is 0 Å². The molecule has 0 saturated carbocycles. The molecule has 0 radical (unpaired) electrons. The van der Waals surface area contributed by atoms with Crippen LogP contribution in [0.15, 0.2) is 12.2 Å². The second-order valence-corrected chi connectivity index (χ2v) is 4.87. The van der Waals surface area contributed by atoms with Gasteiger partial charge in [-0.05, 0) is 19.8 Å². The average Bonchev–Trinajstić information content (AvgIpc) is 2.66. The van der Waals surface area contributed by atoms with Crippen LogP contribution in [0, 0.1) is 0 Å². The van der Waals surface area contributed by atoms with Crippen LogP contribution < -0.4 is 5.32 Å². The third kappa shape index (κ3) is 5.85. The molecule has 0 aromatic carbocycles. The number of ether oxygens (including phenoxy) is 1. The van der Waals surface area contributed by atoms with E-state index in [1.165, 1.54) is 0 Å². The lowest BCUT2D eigenvalue weighted by atomic mass is 10.2. The lowest BCUT2D eigenvalue weighted by Gasteiger charge is -2.10. The molecule has 4 heteroatoms. The summed E-state index contributed by atoms with van der Waals surface area (Å²) >= 11 is 1.60. The van der Waals surface area contributed by atoms with Crippen molar-refractivity contribution in [3.05, 3.63) is 12.2 Å². The molecular weight excluding hydrogens is 210 g/mol. The summed E-state index contributed by atoms with van der Waals surface area (Å²) in [6, 6.07) is 0. The highest BCUT2D eigenvalue weighted by molar-refractivity contribution is 8.00. The van der Waals surface area contributed by atoms with Crippen LogP contribution in [0.3, 0.4) is 0 Å². The minimum absolute atomic E-state index is 0.0942. The molecule has 1 saturated heterocycles. The topological polar surface area (TPSA) is 38.3 Å². The molecule has 15 heavy (non-hydrogen) atoms. The first-order chi connectivity index (χ1) is 7.18. The van der Waals surface area contributed by atoms with Gasteiger partial charge in [-0.1, -0.05) is 12.2 Å². The minimum atomic E-state index is 0.0942. The summed E-state index contributed by atoms with van der Waals surface area (Å²) in [6.07, 6.45) is 2.42. The van der Waals surface area contributed by atoms with E-state index in [2.05, 4.69) is 11.9 Å². The number of carbonyl (C=O) groups is 1. The molecule has 86 valence electrons. The Labute approximate surface area is 95.6 Å². The third-order valence-electron chi connectivity index (χ3n) is 2.13. The highest BCUT2D eigenvalue weighted by atomic mass is 32.2. The van der Waals surface area contributed by atoms with Crippen molar-refractivity contribution in [2.24, 2.45) is 0 Å². The van der Waals surface area contributed by atoms with Gasteiger partial charge >= 0.3 is 0 Å². The van der Waals surface area contributed by atoms with E-state index in [0.717, 1.165) is 30.8 Å². The molecule has 1 aliphatic rings. The van der Waals surface area contributed by atoms with E-state index in [0.29, 0.717) is 12.3 Å². The zero-order chi connectivity index (χ0) is 11.1. The van der Waals surface area contributed by atoms with Crippen LogP contribution in [0.2, 0.25) is 0 Å². The zero-order valence-corrected chi connectivity index (χ0v) is 10.1. The molecule has 1 heterocycles. The van der Waals surface area contributed by atoms with Gasteiger partial charge in [-0.25, -0.2) is 0 Å². The Morgan fingerprint density at radius 2 is 2.40 bits per heavy atom. The van der Waals surface area contributed by atoms with Crippen molar-refractivity contribution >= 4 is 17.7 Å². The van der Waals surface area contributed by atoms with Gasteiger partial charge in [0.05, 0.1) is 11.9 Å². The van der Waals surface area contributed by atoms with Crippen LogP contribution in [-0.4, -0.2) is 36.7 Å². The van der Waals surface area contributed by atoms with Crippen molar-refractivity contribution in [1.29, 1.82) is 0 Å². The van der Waals surface area contributed by atoms with E-state index in [-0.39, 0.29) is 12.0 Å². The smallest absolute Gasteiger partial charge is 0.230 e.